The van der Waals surface area contributed by atoms with E-state index in [1.807, 2.05) is 6.08 Å². The lowest BCUT2D eigenvalue weighted by Crippen LogP contribution is -2.32. The number of aliphatic hydroxyl groups excluding tert-OH is 1. The van der Waals surface area contributed by atoms with E-state index in [2.05, 4.69) is 52.8 Å². The molecule has 0 aromatic carbocycles. The predicted molar refractivity (Wildman–Crippen MR) is 112 cm³/mol. The van der Waals surface area contributed by atoms with Crippen LogP contribution in [0.2, 0.25) is 0 Å². The molecule has 0 aromatic heterocycles. The van der Waals surface area contributed by atoms with Crippen molar-refractivity contribution in [3.63, 3.8) is 0 Å². The fraction of sp³-hybridized carbons (Fsp3) is 0.640. The molecule has 2 nitrogen and oxygen atoms in total. The minimum Gasteiger partial charge on any atom is -0.392 e. The highest BCUT2D eigenvalue weighted by Crippen LogP contribution is 2.58. The third-order valence-corrected chi connectivity index (χ3v) is 7.50. The second-order valence-corrected chi connectivity index (χ2v) is 9.67. The number of fused-ring (bicyclic) bond motifs is 2. The summed E-state index contributed by atoms with van der Waals surface area (Å²) in [4.78, 5) is 12.5. The van der Waals surface area contributed by atoms with Gasteiger partial charge in [-0.1, -0.05) is 43.2 Å². The van der Waals surface area contributed by atoms with Crippen LogP contribution in [0.1, 0.15) is 66.7 Å². The molecule has 3 rings (SSSR count). The fourth-order valence-electron chi connectivity index (χ4n) is 5.97. The van der Waals surface area contributed by atoms with Crippen LogP contribution in [0.15, 0.2) is 46.6 Å². The van der Waals surface area contributed by atoms with Gasteiger partial charge in [0, 0.05) is 11.5 Å². The highest BCUT2D eigenvalue weighted by molar-refractivity contribution is 6.08. The zero-order valence-electron chi connectivity index (χ0n) is 17.7. The largest absolute Gasteiger partial charge is 0.392 e. The first-order chi connectivity index (χ1) is 12.8. The number of carbonyl (C=O) groups excluding carboxylic acids is 1. The van der Waals surface area contributed by atoms with Crippen molar-refractivity contribution >= 4 is 5.78 Å². The zero-order chi connectivity index (χ0) is 19.8. The average Bonchev–Trinajstić information content (AvgIpc) is 3.04. The second-order valence-electron chi connectivity index (χ2n) is 9.67. The van der Waals surface area contributed by atoms with E-state index in [1.54, 1.807) is 0 Å². The summed E-state index contributed by atoms with van der Waals surface area (Å²) in [6, 6.07) is 0. The molecular formula is C25H36O2. The highest BCUT2D eigenvalue weighted by atomic mass is 16.3. The Labute approximate surface area is 165 Å². The molecule has 0 radical (unpaired) electrons. The molecule has 1 saturated carbocycles. The second kappa shape index (κ2) is 7.91. The van der Waals surface area contributed by atoms with Gasteiger partial charge < -0.3 is 5.11 Å². The average molecular weight is 369 g/mol. The third-order valence-electron chi connectivity index (χ3n) is 7.50. The summed E-state index contributed by atoms with van der Waals surface area (Å²) in [5.74, 6) is 2.30. The van der Waals surface area contributed by atoms with Crippen LogP contribution in [0, 0.1) is 29.1 Å². The number of rotatable bonds is 4. The van der Waals surface area contributed by atoms with E-state index < -0.39 is 0 Å². The minimum atomic E-state index is 0.0306. The van der Waals surface area contributed by atoms with E-state index >= 15 is 0 Å². The lowest BCUT2D eigenvalue weighted by Gasteiger charge is -2.40. The maximum Gasteiger partial charge on any atom is 0.182 e. The van der Waals surface area contributed by atoms with E-state index in [4.69, 9.17) is 0 Å². The Bertz CT molecular complexity index is 717. The van der Waals surface area contributed by atoms with Crippen LogP contribution in [-0.2, 0) is 4.79 Å². The van der Waals surface area contributed by atoms with Gasteiger partial charge in [0.1, 0.15) is 0 Å². The third kappa shape index (κ3) is 3.92. The molecule has 3 aliphatic carbocycles. The first kappa shape index (κ1) is 20.3. The first-order valence-corrected chi connectivity index (χ1v) is 10.6. The van der Waals surface area contributed by atoms with Gasteiger partial charge in [-0.15, -0.1) is 0 Å². The smallest absolute Gasteiger partial charge is 0.182 e. The maximum absolute atomic E-state index is 12.5. The lowest BCUT2D eigenvalue weighted by molar-refractivity contribution is -0.111. The van der Waals surface area contributed by atoms with Gasteiger partial charge in [-0.05, 0) is 87.7 Å². The van der Waals surface area contributed by atoms with Crippen molar-refractivity contribution in [3.05, 3.63) is 46.6 Å². The Balaban J connectivity index is 1.88. The predicted octanol–water partition coefficient (Wildman–Crippen LogP) is 5.80. The molecule has 0 spiro atoms. The van der Waals surface area contributed by atoms with Crippen molar-refractivity contribution in [2.45, 2.75) is 66.7 Å². The number of carbonyl (C=O) groups is 1. The van der Waals surface area contributed by atoms with Gasteiger partial charge in [0.2, 0.25) is 0 Å². The molecule has 5 atom stereocenters. The van der Waals surface area contributed by atoms with E-state index in [1.165, 1.54) is 24.0 Å². The van der Waals surface area contributed by atoms with Crippen molar-refractivity contribution in [1.29, 1.82) is 0 Å². The van der Waals surface area contributed by atoms with Crippen LogP contribution in [0.25, 0.3) is 0 Å². The summed E-state index contributed by atoms with van der Waals surface area (Å²) in [5, 5.41) is 9.96. The van der Waals surface area contributed by atoms with Crippen LogP contribution >= 0.6 is 0 Å². The summed E-state index contributed by atoms with van der Waals surface area (Å²) < 4.78 is 0. The van der Waals surface area contributed by atoms with E-state index in [-0.39, 0.29) is 18.3 Å². The maximum atomic E-state index is 12.5. The van der Waals surface area contributed by atoms with Crippen LogP contribution in [0.5, 0.6) is 0 Å². The van der Waals surface area contributed by atoms with Crippen LogP contribution < -0.4 is 0 Å². The molecule has 3 aliphatic rings. The molecule has 2 heteroatoms. The number of allylic oxidation sites excluding steroid dienone is 7. The normalized spacial score (nSPS) is 34.8. The number of hydrogen-bond donors (Lipinski definition) is 1. The summed E-state index contributed by atoms with van der Waals surface area (Å²) in [7, 11) is 0. The van der Waals surface area contributed by atoms with Gasteiger partial charge in [-0.2, -0.15) is 0 Å². The molecule has 0 aromatic rings. The molecule has 0 saturated heterocycles. The molecule has 0 bridgehead atoms. The van der Waals surface area contributed by atoms with Crippen molar-refractivity contribution < 1.29 is 9.90 Å². The molecule has 1 N–H and O–H groups in total. The van der Waals surface area contributed by atoms with Crippen molar-refractivity contribution in [2.24, 2.45) is 29.1 Å². The van der Waals surface area contributed by atoms with E-state index in [0.717, 1.165) is 30.4 Å². The molecule has 148 valence electrons. The minimum absolute atomic E-state index is 0.0306. The van der Waals surface area contributed by atoms with Gasteiger partial charge in [0.25, 0.3) is 0 Å². The summed E-state index contributed by atoms with van der Waals surface area (Å²) >= 11 is 0. The summed E-state index contributed by atoms with van der Waals surface area (Å²) in [5.41, 5.74) is 4.75. The van der Waals surface area contributed by atoms with Gasteiger partial charge in [-0.25, -0.2) is 0 Å². The monoisotopic (exact) mass is 368 g/mol. The lowest BCUT2D eigenvalue weighted by atomic mass is 9.64. The van der Waals surface area contributed by atoms with Gasteiger partial charge in [0.05, 0.1) is 6.61 Å². The zero-order valence-corrected chi connectivity index (χ0v) is 17.7. The molecule has 0 amide bonds. The first-order valence-electron chi connectivity index (χ1n) is 10.6. The van der Waals surface area contributed by atoms with E-state index in [9.17, 15) is 9.90 Å². The van der Waals surface area contributed by atoms with Gasteiger partial charge in [0.15, 0.2) is 5.78 Å². The number of hydrogen-bond acceptors (Lipinski definition) is 2. The van der Waals surface area contributed by atoms with Crippen molar-refractivity contribution in [3.8, 4) is 0 Å². The number of ketones is 1. The van der Waals surface area contributed by atoms with Gasteiger partial charge in [-0.3, -0.25) is 4.79 Å². The quantitative estimate of drug-likeness (QED) is 0.637. The van der Waals surface area contributed by atoms with Gasteiger partial charge >= 0.3 is 0 Å². The Hall–Kier alpha value is -1.41. The SMILES string of the molecule is CC(C)=C/C=C\[C@H](C)[C@H]1CC[C@]2(C)C[C@@H]3C(C)=CC(=O)C3=C(CO)CC[C@@H]12. The van der Waals surface area contributed by atoms with E-state index in [0.29, 0.717) is 23.2 Å². The molecule has 0 heterocycles. The Morgan fingerprint density at radius 3 is 2.78 bits per heavy atom. The molecule has 1 fully saturated rings. The summed E-state index contributed by atoms with van der Waals surface area (Å²) in [6.45, 7) is 11.2. The van der Waals surface area contributed by atoms with Crippen LogP contribution in [0.4, 0.5) is 0 Å². The van der Waals surface area contributed by atoms with Crippen LogP contribution in [0.3, 0.4) is 0 Å². The molecular weight excluding hydrogens is 332 g/mol. The Morgan fingerprint density at radius 2 is 2.11 bits per heavy atom. The number of aliphatic hydroxyl groups is 1. The Morgan fingerprint density at radius 1 is 1.37 bits per heavy atom. The fourth-order valence-corrected chi connectivity index (χ4v) is 5.97. The molecule has 0 aliphatic heterocycles. The van der Waals surface area contributed by atoms with Crippen LogP contribution in [-0.4, -0.2) is 17.5 Å². The topological polar surface area (TPSA) is 37.3 Å². The summed E-state index contributed by atoms with van der Waals surface area (Å²) in [6.07, 6.45) is 14.2. The highest BCUT2D eigenvalue weighted by Gasteiger charge is 2.49. The molecule has 0 unspecified atom stereocenters. The standard InChI is InChI=1S/C25H36O2/c1-16(2)7-6-8-17(3)20-11-12-25(5)14-21-18(4)13-23(27)24(21)19(15-26)9-10-22(20)25/h6-8,13,17,20-22,26H,9-12,14-15H2,1-5H3/b8-6-,24-19?/t17-,20+,21+,22-,25+/m0/s1. The van der Waals surface area contributed by atoms with Crippen molar-refractivity contribution in [1.82, 2.24) is 0 Å². The molecule has 27 heavy (non-hydrogen) atoms. The van der Waals surface area contributed by atoms with Crippen molar-refractivity contribution in [2.75, 3.05) is 6.61 Å². The Kier molecular flexibility index (Phi) is 5.96.